The first-order valence-electron chi connectivity index (χ1n) is 7.21. The van der Waals surface area contributed by atoms with E-state index in [0.29, 0.717) is 17.3 Å². The number of benzene rings is 1. The standard InChI is InChI=1S/C15H21ClN4O2/c1-9-7-8-17-14(21)12(9)19-15(22)18-11-6-4-5-10(16)13(11)20(2)3/h4-6,9,12H,7-8H2,1-3H3,(H,17,21)(H2,18,19,22). The molecule has 0 aromatic heterocycles. The monoisotopic (exact) mass is 324 g/mol. The molecular weight excluding hydrogens is 304 g/mol. The van der Waals surface area contributed by atoms with Crippen LogP contribution >= 0.6 is 11.6 Å². The van der Waals surface area contributed by atoms with Crippen molar-refractivity contribution in [2.75, 3.05) is 30.9 Å². The van der Waals surface area contributed by atoms with Crippen LogP contribution in [0.5, 0.6) is 0 Å². The van der Waals surface area contributed by atoms with E-state index in [1.54, 1.807) is 18.2 Å². The smallest absolute Gasteiger partial charge is 0.319 e. The number of amides is 3. The van der Waals surface area contributed by atoms with E-state index in [0.717, 1.165) is 12.1 Å². The Morgan fingerprint density at radius 1 is 1.41 bits per heavy atom. The van der Waals surface area contributed by atoms with Crippen molar-refractivity contribution in [2.24, 2.45) is 5.92 Å². The van der Waals surface area contributed by atoms with Crippen molar-refractivity contribution in [3.05, 3.63) is 23.2 Å². The normalized spacial score (nSPS) is 21.0. The molecule has 1 aliphatic heterocycles. The summed E-state index contributed by atoms with van der Waals surface area (Å²) in [5.74, 6) is -0.0417. The van der Waals surface area contributed by atoms with E-state index >= 15 is 0 Å². The van der Waals surface area contributed by atoms with Gasteiger partial charge < -0.3 is 20.9 Å². The molecule has 1 fully saturated rings. The third-order valence-corrected chi connectivity index (χ3v) is 4.02. The fraction of sp³-hybridized carbons (Fsp3) is 0.467. The molecule has 1 aliphatic rings. The van der Waals surface area contributed by atoms with Crippen LogP contribution in [0.25, 0.3) is 0 Å². The fourth-order valence-corrected chi connectivity index (χ4v) is 2.88. The van der Waals surface area contributed by atoms with Gasteiger partial charge in [0.1, 0.15) is 6.04 Å². The minimum atomic E-state index is -0.518. The second-order valence-electron chi connectivity index (χ2n) is 5.66. The molecule has 22 heavy (non-hydrogen) atoms. The van der Waals surface area contributed by atoms with Gasteiger partial charge in [0.15, 0.2) is 0 Å². The number of anilines is 2. The summed E-state index contributed by atoms with van der Waals surface area (Å²) in [5, 5.41) is 8.80. The average molecular weight is 325 g/mol. The van der Waals surface area contributed by atoms with Gasteiger partial charge >= 0.3 is 6.03 Å². The number of nitrogens with zero attached hydrogens (tertiary/aromatic N) is 1. The Bertz CT molecular complexity index is 577. The molecule has 1 aromatic rings. The van der Waals surface area contributed by atoms with Crippen LogP contribution in [0.15, 0.2) is 18.2 Å². The summed E-state index contributed by atoms with van der Waals surface area (Å²) in [6.07, 6.45) is 0.844. The van der Waals surface area contributed by atoms with E-state index < -0.39 is 12.1 Å². The highest BCUT2D eigenvalue weighted by Crippen LogP contribution is 2.32. The van der Waals surface area contributed by atoms with Crippen LogP contribution in [0.1, 0.15) is 13.3 Å². The number of rotatable bonds is 3. The molecule has 3 N–H and O–H groups in total. The Labute approximate surface area is 135 Å². The number of carbonyl (C=O) groups is 2. The lowest BCUT2D eigenvalue weighted by Gasteiger charge is -2.29. The van der Waals surface area contributed by atoms with Crippen LogP contribution in [-0.2, 0) is 4.79 Å². The Hall–Kier alpha value is -1.95. The SMILES string of the molecule is CC1CCNC(=O)C1NC(=O)Nc1cccc(Cl)c1N(C)C. The minimum absolute atomic E-state index is 0.104. The van der Waals surface area contributed by atoms with Crippen molar-refractivity contribution in [3.63, 3.8) is 0 Å². The lowest BCUT2D eigenvalue weighted by atomic mass is 9.94. The molecule has 1 heterocycles. The van der Waals surface area contributed by atoms with Crippen molar-refractivity contribution >= 4 is 34.9 Å². The second kappa shape index (κ2) is 6.87. The van der Waals surface area contributed by atoms with Crippen molar-refractivity contribution < 1.29 is 9.59 Å². The molecule has 1 saturated heterocycles. The zero-order valence-electron chi connectivity index (χ0n) is 12.9. The van der Waals surface area contributed by atoms with Gasteiger partial charge in [-0.2, -0.15) is 0 Å². The summed E-state index contributed by atoms with van der Waals surface area (Å²) in [7, 11) is 3.70. The average Bonchev–Trinajstić information content (AvgIpc) is 2.42. The second-order valence-corrected chi connectivity index (χ2v) is 6.07. The van der Waals surface area contributed by atoms with Gasteiger partial charge in [0, 0.05) is 20.6 Å². The molecule has 0 saturated carbocycles. The maximum atomic E-state index is 12.2. The van der Waals surface area contributed by atoms with Gasteiger partial charge in [0.25, 0.3) is 0 Å². The molecule has 2 atom stereocenters. The summed E-state index contributed by atoms with van der Waals surface area (Å²) >= 11 is 6.17. The molecular formula is C15H21ClN4O2. The van der Waals surface area contributed by atoms with E-state index in [1.807, 2.05) is 25.9 Å². The maximum absolute atomic E-state index is 12.2. The zero-order chi connectivity index (χ0) is 16.3. The molecule has 120 valence electrons. The Balaban J connectivity index is 2.09. The Morgan fingerprint density at radius 3 is 2.77 bits per heavy atom. The van der Waals surface area contributed by atoms with Crippen LogP contribution < -0.4 is 20.9 Å². The van der Waals surface area contributed by atoms with Gasteiger partial charge in [-0.1, -0.05) is 24.6 Å². The topological polar surface area (TPSA) is 73.5 Å². The Kier molecular flexibility index (Phi) is 5.13. The summed E-state index contributed by atoms with van der Waals surface area (Å²) in [5.41, 5.74) is 1.32. The lowest BCUT2D eigenvalue weighted by molar-refractivity contribution is -0.125. The summed E-state index contributed by atoms with van der Waals surface area (Å²) in [6.45, 7) is 2.60. The van der Waals surface area contributed by atoms with Gasteiger partial charge in [-0.25, -0.2) is 4.79 Å². The number of halogens is 1. The molecule has 3 amide bonds. The van der Waals surface area contributed by atoms with Gasteiger partial charge in [-0.15, -0.1) is 0 Å². The number of piperidine rings is 1. The molecule has 0 aliphatic carbocycles. The molecule has 6 nitrogen and oxygen atoms in total. The number of hydrogen-bond acceptors (Lipinski definition) is 3. The highest BCUT2D eigenvalue weighted by atomic mass is 35.5. The molecule has 2 rings (SSSR count). The van der Waals surface area contributed by atoms with Crippen molar-refractivity contribution in [1.82, 2.24) is 10.6 Å². The predicted molar refractivity (Wildman–Crippen MR) is 88.5 cm³/mol. The molecule has 0 bridgehead atoms. The molecule has 0 spiro atoms. The number of nitrogens with one attached hydrogen (secondary N) is 3. The fourth-order valence-electron chi connectivity index (χ4n) is 2.54. The highest BCUT2D eigenvalue weighted by molar-refractivity contribution is 6.34. The van der Waals surface area contributed by atoms with Crippen LogP contribution in [0.2, 0.25) is 5.02 Å². The van der Waals surface area contributed by atoms with E-state index in [2.05, 4.69) is 16.0 Å². The van der Waals surface area contributed by atoms with Gasteiger partial charge in [-0.3, -0.25) is 4.79 Å². The molecule has 2 unspecified atom stereocenters. The summed E-state index contributed by atoms with van der Waals surface area (Å²) in [6, 6.07) is 4.36. The van der Waals surface area contributed by atoms with E-state index in [-0.39, 0.29) is 11.8 Å². The summed E-state index contributed by atoms with van der Waals surface area (Å²) < 4.78 is 0. The van der Waals surface area contributed by atoms with E-state index in [4.69, 9.17) is 11.6 Å². The first-order chi connectivity index (χ1) is 10.4. The van der Waals surface area contributed by atoms with Gasteiger partial charge in [0.05, 0.1) is 16.4 Å². The maximum Gasteiger partial charge on any atom is 0.319 e. The van der Waals surface area contributed by atoms with Crippen LogP contribution in [0.3, 0.4) is 0 Å². The largest absolute Gasteiger partial charge is 0.375 e. The third-order valence-electron chi connectivity index (χ3n) is 3.72. The number of carbonyl (C=O) groups excluding carboxylic acids is 2. The van der Waals surface area contributed by atoms with Crippen molar-refractivity contribution in [2.45, 2.75) is 19.4 Å². The first-order valence-corrected chi connectivity index (χ1v) is 7.59. The number of hydrogen-bond donors (Lipinski definition) is 3. The minimum Gasteiger partial charge on any atom is -0.375 e. The van der Waals surface area contributed by atoms with Crippen molar-refractivity contribution in [3.8, 4) is 0 Å². The molecule has 1 aromatic carbocycles. The number of urea groups is 1. The first kappa shape index (κ1) is 16.4. The third kappa shape index (κ3) is 3.62. The molecule has 7 heteroatoms. The quantitative estimate of drug-likeness (QED) is 0.796. The van der Waals surface area contributed by atoms with E-state index in [9.17, 15) is 9.59 Å². The highest BCUT2D eigenvalue weighted by Gasteiger charge is 2.30. The predicted octanol–water partition coefficient (Wildman–Crippen LogP) is 2.05. The van der Waals surface area contributed by atoms with Gasteiger partial charge in [0.2, 0.25) is 5.91 Å². The van der Waals surface area contributed by atoms with E-state index in [1.165, 1.54) is 0 Å². The van der Waals surface area contributed by atoms with Crippen LogP contribution in [0.4, 0.5) is 16.2 Å². The Morgan fingerprint density at radius 2 is 2.14 bits per heavy atom. The number of para-hydroxylation sites is 1. The van der Waals surface area contributed by atoms with Crippen molar-refractivity contribution in [1.29, 1.82) is 0 Å². The van der Waals surface area contributed by atoms with Crippen LogP contribution in [-0.4, -0.2) is 38.6 Å². The van der Waals surface area contributed by atoms with Crippen LogP contribution in [0, 0.1) is 5.92 Å². The summed E-state index contributed by atoms with van der Waals surface area (Å²) in [4.78, 5) is 25.9. The zero-order valence-corrected chi connectivity index (χ0v) is 13.7. The van der Waals surface area contributed by atoms with Gasteiger partial charge in [-0.05, 0) is 24.5 Å². The molecule has 0 radical (unpaired) electrons. The lowest BCUT2D eigenvalue weighted by Crippen LogP contribution is -2.55.